The molecule has 1 N–H and O–H groups in total. The predicted molar refractivity (Wildman–Crippen MR) is 104 cm³/mol. The molecule has 0 aliphatic rings. The summed E-state index contributed by atoms with van der Waals surface area (Å²) in [5.41, 5.74) is 4.00. The topological polar surface area (TPSA) is 99.1 Å². The second-order valence-electron chi connectivity index (χ2n) is 5.53. The van der Waals surface area contributed by atoms with E-state index in [4.69, 9.17) is 9.47 Å². The maximum Gasteiger partial charge on any atom is 0.433 e. The van der Waals surface area contributed by atoms with E-state index in [2.05, 4.69) is 10.2 Å². The van der Waals surface area contributed by atoms with Crippen molar-refractivity contribution in [2.24, 2.45) is 7.05 Å². The first-order chi connectivity index (χ1) is 13.4. The molecule has 2 rings (SSSR count). The second-order valence-corrected chi connectivity index (χ2v) is 5.53. The van der Waals surface area contributed by atoms with Gasteiger partial charge < -0.3 is 18.8 Å². The molecule has 0 atom stereocenters. The molecule has 1 aromatic carbocycles. The normalized spacial score (nSPS) is 10.7. The highest BCUT2D eigenvalue weighted by Crippen LogP contribution is 2.34. The van der Waals surface area contributed by atoms with Crippen molar-refractivity contribution in [3.8, 4) is 0 Å². The van der Waals surface area contributed by atoms with Crippen LogP contribution in [0.5, 0.6) is 0 Å². The number of para-hydroxylation sites is 1. The lowest BCUT2D eigenvalue weighted by molar-refractivity contribution is -0.134. The molecule has 0 saturated carbocycles. The number of fused-ring (bicyclic) bond motifs is 1. The van der Waals surface area contributed by atoms with Crippen LogP contribution in [0.3, 0.4) is 0 Å². The number of hydrogen-bond donors (Lipinski definition) is 1. The molecule has 9 heteroatoms. The Balaban J connectivity index is 2.67. The smallest absolute Gasteiger partial charge is 0.433 e. The van der Waals surface area contributed by atoms with Crippen LogP contribution in [0.15, 0.2) is 30.3 Å². The molecule has 0 bridgehead atoms. The molecule has 0 saturated heterocycles. The van der Waals surface area contributed by atoms with Crippen LogP contribution >= 0.6 is 0 Å². The van der Waals surface area contributed by atoms with Gasteiger partial charge in [-0.25, -0.2) is 19.8 Å². The highest BCUT2D eigenvalue weighted by Gasteiger charge is 2.27. The van der Waals surface area contributed by atoms with Gasteiger partial charge in [0.05, 0.1) is 31.5 Å². The lowest BCUT2D eigenvalue weighted by Crippen LogP contribution is -2.47. The summed E-state index contributed by atoms with van der Waals surface area (Å²) in [7, 11) is 3.04. The number of esters is 1. The van der Waals surface area contributed by atoms with Gasteiger partial charge in [-0.15, -0.1) is 0 Å². The Morgan fingerprint density at radius 1 is 1.14 bits per heavy atom. The van der Waals surface area contributed by atoms with E-state index in [0.29, 0.717) is 16.8 Å². The van der Waals surface area contributed by atoms with E-state index < -0.39 is 18.2 Å². The maximum atomic E-state index is 12.6. The third-order valence-corrected chi connectivity index (χ3v) is 3.86. The SMILES string of the molecule is CCOC(=O)NN(C(=O)OCC)c1c(/C=C/C(=O)OC)n(C)c2ccccc12. The number of carbonyl (C=O) groups excluding carboxylic acids is 3. The van der Waals surface area contributed by atoms with Crippen LogP contribution in [0, 0.1) is 0 Å². The first-order valence-electron chi connectivity index (χ1n) is 8.68. The highest BCUT2D eigenvalue weighted by atomic mass is 16.6. The molecule has 9 nitrogen and oxygen atoms in total. The van der Waals surface area contributed by atoms with Gasteiger partial charge in [0.25, 0.3) is 0 Å². The zero-order chi connectivity index (χ0) is 20.7. The van der Waals surface area contributed by atoms with Crippen molar-refractivity contribution in [1.29, 1.82) is 0 Å². The van der Waals surface area contributed by atoms with Gasteiger partial charge in [-0.2, -0.15) is 5.01 Å². The third-order valence-electron chi connectivity index (χ3n) is 3.86. The molecule has 0 aliphatic carbocycles. The Morgan fingerprint density at radius 2 is 1.82 bits per heavy atom. The molecule has 2 aromatic rings. The third kappa shape index (κ3) is 4.43. The second kappa shape index (κ2) is 9.45. The summed E-state index contributed by atoms with van der Waals surface area (Å²) in [5, 5.41) is 1.64. The molecule has 150 valence electrons. The lowest BCUT2D eigenvalue weighted by atomic mass is 10.2. The molecular weight excluding hydrogens is 366 g/mol. The minimum atomic E-state index is -0.814. The number of benzene rings is 1. The Labute approximate surface area is 162 Å². The van der Waals surface area contributed by atoms with Crippen LogP contribution < -0.4 is 10.4 Å². The summed E-state index contributed by atoms with van der Waals surface area (Å²) >= 11 is 0. The number of hydrogen-bond acceptors (Lipinski definition) is 6. The zero-order valence-electron chi connectivity index (χ0n) is 16.2. The maximum absolute atomic E-state index is 12.6. The van der Waals surface area contributed by atoms with Crippen molar-refractivity contribution in [2.75, 3.05) is 25.3 Å². The molecule has 1 heterocycles. The number of aromatic nitrogens is 1. The molecule has 0 spiro atoms. The van der Waals surface area contributed by atoms with Gasteiger partial charge >= 0.3 is 18.2 Å². The Bertz CT molecular complexity index is 902. The summed E-state index contributed by atoms with van der Waals surface area (Å²) in [4.78, 5) is 36.2. The summed E-state index contributed by atoms with van der Waals surface area (Å²) in [5.74, 6) is -0.558. The van der Waals surface area contributed by atoms with Crippen LogP contribution in [0.1, 0.15) is 19.5 Å². The number of nitrogens with zero attached hydrogens (tertiary/aromatic N) is 2. The minimum Gasteiger partial charge on any atom is -0.466 e. The summed E-state index contributed by atoms with van der Waals surface area (Å²) in [6.07, 6.45) is 1.12. The standard InChI is InChI=1S/C19H23N3O6/c1-5-27-18(24)20-22(19(25)28-6-2)17-13-9-7-8-10-14(13)21(3)15(17)11-12-16(23)26-4/h7-12H,5-6H2,1-4H3,(H,20,24)/b12-11+. The molecule has 0 radical (unpaired) electrons. The van der Waals surface area contributed by atoms with Crippen molar-refractivity contribution in [1.82, 2.24) is 9.99 Å². The van der Waals surface area contributed by atoms with Gasteiger partial charge in [0.1, 0.15) is 5.69 Å². The van der Waals surface area contributed by atoms with E-state index in [1.54, 1.807) is 37.6 Å². The van der Waals surface area contributed by atoms with Crippen molar-refractivity contribution in [2.45, 2.75) is 13.8 Å². The Kier molecular flexibility index (Phi) is 7.02. The van der Waals surface area contributed by atoms with E-state index in [9.17, 15) is 14.4 Å². The average molecular weight is 389 g/mol. The van der Waals surface area contributed by atoms with Gasteiger partial charge in [0, 0.05) is 18.5 Å². The van der Waals surface area contributed by atoms with Gasteiger partial charge in [-0.05, 0) is 26.0 Å². The molecule has 0 fully saturated rings. The molecule has 1 aromatic heterocycles. The number of aryl methyl sites for hydroxylation is 1. The van der Waals surface area contributed by atoms with Crippen LogP contribution in [-0.2, 0) is 26.1 Å². The van der Waals surface area contributed by atoms with E-state index in [1.807, 2.05) is 12.1 Å². The van der Waals surface area contributed by atoms with Gasteiger partial charge in [-0.3, -0.25) is 0 Å². The number of hydrazine groups is 1. The molecule has 0 unspecified atom stereocenters. The average Bonchev–Trinajstić information content (AvgIpc) is 2.96. The Morgan fingerprint density at radius 3 is 2.46 bits per heavy atom. The van der Waals surface area contributed by atoms with Crippen molar-refractivity contribution < 1.29 is 28.6 Å². The van der Waals surface area contributed by atoms with E-state index in [-0.39, 0.29) is 13.2 Å². The zero-order valence-corrected chi connectivity index (χ0v) is 16.2. The number of nitrogens with one attached hydrogen (secondary N) is 1. The van der Waals surface area contributed by atoms with Gasteiger partial charge in [-0.1, -0.05) is 18.2 Å². The van der Waals surface area contributed by atoms with E-state index in [0.717, 1.165) is 10.5 Å². The number of amides is 2. The first-order valence-corrected chi connectivity index (χ1v) is 8.68. The quantitative estimate of drug-likeness (QED) is 0.365. The number of anilines is 1. The summed E-state index contributed by atoms with van der Waals surface area (Å²) in [6.45, 7) is 3.55. The monoisotopic (exact) mass is 389 g/mol. The fourth-order valence-corrected chi connectivity index (χ4v) is 2.67. The first kappa shape index (κ1) is 20.8. The van der Waals surface area contributed by atoms with Gasteiger partial charge in [0.2, 0.25) is 0 Å². The molecular formula is C19H23N3O6. The fourth-order valence-electron chi connectivity index (χ4n) is 2.67. The van der Waals surface area contributed by atoms with Crippen molar-refractivity contribution in [3.63, 3.8) is 0 Å². The lowest BCUT2D eigenvalue weighted by Gasteiger charge is -2.22. The van der Waals surface area contributed by atoms with Gasteiger partial charge in [0.15, 0.2) is 0 Å². The number of carbonyl (C=O) groups is 3. The predicted octanol–water partition coefficient (Wildman–Crippen LogP) is 2.99. The van der Waals surface area contributed by atoms with Crippen LogP contribution in [-0.4, -0.2) is 43.0 Å². The van der Waals surface area contributed by atoms with E-state index >= 15 is 0 Å². The van der Waals surface area contributed by atoms with Crippen molar-refractivity contribution in [3.05, 3.63) is 36.0 Å². The molecule has 28 heavy (non-hydrogen) atoms. The van der Waals surface area contributed by atoms with Crippen molar-refractivity contribution >= 4 is 40.8 Å². The molecule has 0 aliphatic heterocycles. The van der Waals surface area contributed by atoms with Crippen LogP contribution in [0.2, 0.25) is 0 Å². The highest BCUT2D eigenvalue weighted by molar-refractivity contribution is 6.06. The van der Waals surface area contributed by atoms with Crippen LogP contribution in [0.25, 0.3) is 17.0 Å². The largest absolute Gasteiger partial charge is 0.466 e. The molecule has 2 amide bonds. The van der Waals surface area contributed by atoms with E-state index in [1.165, 1.54) is 19.3 Å². The Hall–Kier alpha value is -3.49. The number of rotatable bonds is 5. The summed E-state index contributed by atoms with van der Waals surface area (Å²) in [6, 6.07) is 7.28. The number of ether oxygens (including phenoxy) is 3. The number of methoxy groups -OCH3 is 1. The van der Waals surface area contributed by atoms with Crippen LogP contribution in [0.4, 0.5) is 15.3 Å². The fraction of sp³-hybridized carbons (Fsp3) is 0.316. The summed E-state index contributed by atoms with van der Waals surface area (Å²) < 4.78 is 16.4. The minimum absolute atomic E-state index is 0.109.